The summed E-state index contributed by atoms with van der Waals surface area (Å²) in [5.41, 5.74) is 1.30. The van der Waals surface area contributed by atoms with E-state index >= 15 is 0 Å². The third-order valence-corrected chi connectivity index (χ3v) is 5.80. The molecule has 3 rings (SSSR count). The van der Waals surface area contributed by atoms with E-state index < -0.39 is 0 Å². The second-order valence-corrected chi connectivity index (χ2v) is 7.72. The maximum atomic E-state index is 12.7. The molecule has 0 unspecified atom stereocenters. The minimum atomic E-state index is -0.133. The highest BCUT2D eigenvalue weighted by molar-refractivity contribution is 7.99. The van der Waals surface area contributed by atoms with Crippen LogP contribution in [0.4, 0.5) is 5.69 Å². The molecule has 0 aromatic heterocycles. The summed E-state index contributed by atoms with van der Waals surface area (Å²) in [6.07, 6.45) is 2.08. The van der Waals surface area contributed by atoms with Crippen molar-refractivity contribution in [3.8, 4) is 0 Å². The topological polar surface area (TPSA) is 49.4 Å². The Morgan fingerprint density at radius 3 is 2.50 bits per heavy atom. The Balaban J connectivity index is 1.51. The first-order valence-corrected chi connectivity index (χ1v) is 9.95. The first-order chi connectivity index (χ1) is 12.6. The van der Waals surface area contributed by atoms with Gasteiger partial charge in [0.25, 0.3) is 5.91 Å². The Morgan fingerprint density at radius 2 is 1.81 bits per heavy atom. The highest BCUT2D eigenvalue weighted by atomic mass is 32.2. The van der Waals surface area contributed by atoms with Crippen molar-refractivity contribution in [1.29, 1.82) is 0 Å². The van der Waals surface area contributed by atoms with Gasteiger partial charge >= 0.3 is 0 Å². The number of nitrogens with one attached hydrogen (secondary N) is 1. The van der Waals surface area contributed by atoms with Crippen LogP contribution >= 0.6 is 11.8 Å². The first kappa shape index (κ1) is 18.5. The highest BCUT2D eigenvalue weighted by Gasteiger charge is 2.23. The van der Waals surface area contributed by atoms with E-state index in [1.54, 1.807) is 12.1 Å². The second kappa shape index (κ2) is 8.90. The molecule has 0 aliphatic carbocycles. The molecule has 5 heteroatoms. The molecule has 2 aromatic rings. The molecule has 136 valence electrons. The lowest BCUT2D eigenvalue weighted by Crippen LogP contribution is -2.39. The molecule has 1 heterocycles. The van der Waals surface area contributed by atoms with Gasteiger partial charge in [0.15, 0.2) is 0 Å². The molecular weight excluding hydrogens is 344 g/mol. The molecule has 1 N–H and O–H groups in total. The van der Waals surface area contributed by atoms with Crippen LogP contribution < -0.4 is 5.32 Å². The fraction of sp³-hybridized carbons (Fsp3) is 0.333. The Morgan fingerprint density at radius 1 is 1.08 bits per heavy atom. The lowest BCUT2D eigenvalue weighted by molar-refractivity contribution is -0.114. The number of nitrogens with zero attached hydrogens (tertiary/aromatic N) is 1. The number of carbonyl (C=O) groups excluding carboxylic acids is 2. The normalized spacial score (nSPS) is 14.9. The number of anilines is 1. The Hall–Kier alpha value is -2.27. The van der Waals surface area contributed by atoms with Gasteiger partial charge in [0.2, 0.25) is 5.91 Å². The smallest absolute Gasteiger partial charge is 0.253 e. The largest absolute Gasteiger partial charge is 0.339 e. The van der Waals surface area contributed by atoms with E-state index in [9.17, 15) is 9.59 Å². The zero-order valence-corrected chi connectivity index (χ0v) is 15.8. The van der Waals surface area contributed by atoms with E-state index in [4.69, 9.17) is 0 Å². The van der Waals surface area contributed by atoms with Crippen molar-refractivity contribution in [3.63, 3.8) is 0 Å². The first-order valence-electron chi connectivity index (χ1n) is 8.96. The molecule has 0 radical (unpaired) electrons. The molecule has 1 aliphatic heterocycles. The van der Waals surface area contributed by atoms with Crippen LogP contribution in [0.1, 0.15) is 30.1 Å². The fourth-order valence-electron chi connectivity index (χ4n) is 3.15. The van der Waals surface area contributed by atoms with Gasteiger partial charge in [-0.05, 0) is 49.1 Å². The number of hydrogen-bond acceptors (Lipinski definition) is 3. The molecule has 1 saturated heterocycles. The Kier molecular flexibility index (Phi) is 6.34. The standard InChI is InChI=1S/C21H24N2O2S/c1-16(24)22-19-7-5-6-18(14-19)21(25)23-12-10-17(11-13-23)15-26-20-8-3-2-4-9-20/h2-9,14,17H,10-13,15H2,1H3,(H,22,24). The number of rotatable bonds is 5. The van der Waals surface area contributed by atoms with Gasteiger partial charge in [0.1, 0.15) is 0 Å². The lowest BCUT2D eigenvalue weighted by atomic mass is 9.98. The van der Waals surface area contributed by atoms with Crippen LogP contribution in [0.2, 0.25) is 0 Å². The summed E-state index contributed by atoms with van der Waals surface area (Å²) in [5, 5.41) is 2.73. The molecule has 0 atom stereocenters. The SMILES string of the molecule is CC(=O)Nc1cccc(C(=O)N2CCC(CSc3ccccc3)CC2)c1. The fourth-order valence-corrected chi connectivity index (χ4v) is 4.26. The van der Waals surface area contributed by atoms with Crippen molar-refractivity contribution in [2.75, 3.05) is 24.2 Å². The maximum absolute atomic E-state index is 12.7. The summed E-state index contributed by atoms with van der Waals surface area (Å²) in [7, 11) is 0. The van der Waals surface area contributed by atoms with Gasteiger partial charge in [-0.25, -0.2) is 0 Å². The van der Waals surface area contributed by atoms with Crippen LogP contribution in [0, 0.1) is 5.92 Å². The van der Waals surface area contributed by atoms with Gasteiger partial charge in [-0.2, -0.15) is 0 Å². The number of thioether (sulfide) groups is 1. The van der Waals surface area contributed by atoms with E-state index in [1.807, 2.05) is 34.9 Å². The van der Waals surface area contributed by atoms with Crippen molar-refractivity contribution >= 4 is 29.3 Å². The molecule has 1 aliphatic rings. The monoisotopic (exact) mass is 368 g/mol. The third kappa shape index (κ3) is 5.11. The van der Waals surface area contributed by atoms with E-state index in [-0.39, 0.29) is 11.8 Å². The van der Waals surface area contributed by atoms with Crippen LogP contribution in [0.3, 0.4) is 0 Å². The van der Waals surface area contributed by atoms with Gasteiger partial charge in [0, 0.05) is 41.9 Å². The molecule has 2 amide bonds. The molecule has 0 bridgehead atoms. The summed E-state index contributed by atoms with van der Waals surface area (Å²) in [5.74, 6) is 1.66. The molecule has 2 aromatic carbocycles. The summed E-state index contributed by atoms with van der Waals surface area (Å²) in [6, 6.07) is 17.6. The molecule has 4 nitrogen and oxygen atoms in total. The molecule has 26 heavy (non-hydrogen) atoms. The average molecular weight is 369 g/mol. The predicted octanol–water partition coefficient (Wildman–Crippen LogP) is 4.29. The Labute approximate surface area is 159 Å². The van der Waals surface area contributed by atoms with Crippen LogP contribution in [0.25, 0.3) is 0 Å². The van der Waals surface area contributed by atoms with Gasteiger partial charge in [0.05, 0.1) is 0 Å². The number of benzene rings is 2. The summed E-state index contributed by atoms with van der Waals surface area (Å²) in [4.78, 5) is 27.2. The van der Waals surface area contributed by atoms with Gasteiger partial charge < -0.3 is 10.2 Å². The van der Waals surface area contributed by atoms with E-state index in [2.05, 4.69) is 29.6 Å². The van der Waals surface area contributed by atoms with Crippen LogP contribution in [0.5, 0.6) is 0 Å². The number of likely N-dealkylation sites (tertiary alicyclic amines) is 1. The maximum Gasteiger partial charge on any atom is 0.253 e. The second-order valence-electron chi connectivity index (χ2n) is 6.62. The predicted molar refractivity (Wildman–Crippen MR) is 107 cm³/mol. The van der Waals surface area contributed by atoms with Crippen LogP contribution in [-0.2, 0) is 4.79 Å². The number of piperidine rings is 1. The van der Waals surface area contributed by atoms with E-state index in [0.717, 1.165) is 31.7 Å². The average Bonchev–Trinajstić information content (AvgIpc) is 2.67. The zero-order chi connectivity index (χ0) is 18.4. The third-order valence-electron chi connectivity index (χ3n) is 4.56. The van der Waals surface area contributed by atoms with E-state index in [1.165, 1.54) is 11.8 Å². The molecule has 1 fully saturated rings. The summed E-state index contributed by atoms with van der Waals surface area (Å²) >= 11 is 1.90. The summed E-state index contributed by atoms with van der Waals surface area (Å²) < 4.78 is 0. The number of hydrogen-bond donors (Lipinski definition) is 1. The highest BCUT2D eigenvalue weighted by Crippen LogP contribution is 2.27. The number of amides is 2. The molecule has 0 spiro atoms. The van der Waals surface area contributed by atoms with Crippen molar-refractivity contribution in [3.05, 3.63) is 60.2 Å². The van der Waals surface area contributed by atoms with Crippen LogP contribution in [-0.4, -0.2) is 35.6 Å². The molecule has 0 saturated carbocycles. The van der Waals surface area contributed by atoms with Gasteiger partial charge in [-0.1, -0.05) is 24.3 Å². The molecular formula is C21H24N2O2S. The Bertz CT molecular complexity index is 756. The van der Waals surface area contributed by atoms with Crippen LogP contribution in [0.15, 0.2) is 59.5 Å². The quantitative estimate of drug-likeness (QED) is 0.801. The van der Waals surface area contributed by atoms with Gasteiger partial charge in [-0.15, -0.1) is 11.8 Å². The van der Waals surface area contributed by atoms with Crippen molar-refractivity contribution in [1.82, 2.24) is 4.90 Å². The van der Waals surface area contributed by atoms with Gasteiger partial charge in [-0.3, -0.25) is 9.59 Å². The lowest BCUT2D eigenvalue weighted by Gasteiger charge is -2.32. The van der Waals surface area contributed by atoms with Crippen molar-refractivity contribution in [2.45, 2.75) is 24.7 Å². The van der Waals surface area contributed by atoms with Crippen molar-refractivity contribution in [2.24, 2.45) is 5.92 Å². The number of carbonyl (C=O) groups is 2. The summed E-state index contributed by atoms with van der Waals surface area (Å²) in [6.45, 7) is 3.05. The van der Waals surface area contributed by atoms with Crippen molar-refractivity contribution < 1.29 is 9.59 Å². The zero-order valence-electron chi connectivity index (χ0n) is 15.0. The van der Waals surface area contributed by atoms with E-state index in [0.29, 0.717) is 17.2 Å². The minimum absolute atomic E-state index is 0.0476. The minimum Gasteiger partial charge on any atom is -0.339 e.